The van der Waals surface area contributed by atoms with Gasteiger partial charge in [0.1, 0.15) is 0 Å². The second-order valence-electron chi connectivity index (χ2n) is 5.57. The number of halogens is 2. The fraction of sp³-hybridized carbons (Fsp3) is 0.429. The summed E-state index contributed by atoms with van der Waals surface area (Å²) < 4.78 is 0.910. The van der Waals surface area contributed by atoms with E-state index in [0.717, 1.165) is 0 Å². The molecule has 0 saturated carbocycles. The van der Waals surface area contributed by atoms with Gasteiger partial charge in [-0.15, -0.1) is 0 Å². The molecule has 0 aromatic heterocycles. The Hall–Kier alpha value is 1.02. The molecule has 99 valence electrons. The Morgan fingerprint density at radius 1 is 0.722 bits per heavy atom. The molecule has 0 heterocycles. The summed E-state index contributed by atoms with van der Waals surface area (Å²) in [6.07, 6.45) is 18.9. The van der Waals surface area contributed by atoms with Crippen molar-refractivity contribution < 1.29 is 54.9 Å². The van der Waals surface area contributed by atoms with E-state index < -0.39 is 26.8 Å². The summed E-state index contributed by atoms with van der Waals surface area (Å²) in [7, 11) is 0. The summed E-state index contributed by atoms with van der Waals surface area (Å²) in [4.78, 5) is 0. The second-order valence-corrected chi connectivity index (χ2v) is 27.1. The molecule has 0 bridgehead atoms. The summed E-state index contributed by atoms with van der Waals surface area (Å²) in [5, 5.41) is 0. The first-order valence-electron chi connectivity index (χ1n) is 6.10. The van der Waals surface area contributed by atoms with Gasteiger partial charge in [0, 0.05) is 0 Å². The van der Waals surface area contributed by atoms with Gasteiger partial charge >= 0.3 is 109 Å². The normalized spacial score (nSPS) is 20.9. The van der Waals surface area contributed by atoms with E-state index >= 15 is 0 Å². The first kappa shape index (κ1) is 19.0. The van der Waals surface area contributed by atoms with Crippen LogP contribution in [0, 0.1) is 0 Å². The van der Waals surface area contributed by atoms with Crippen molar-refractivity contribution in [2.75, 3.05) is 0 Å². The van der Waals surface area contributed by atoms with Gasteiger partial charge in [-0.3, -0.25) is 0 Å². The van der Waals surface area contributed by atoms with Crippen molar-refractivity contribution in [3.05, 3.63) is 48.6 Å². The minimum Gasteiger partial charge on any atom is -1.00 e. The number of rotatable bonds is 3. The molecule has 0 amide bonds. The van der Waals surface area contributed by atoms with Crippen molar-refractivity contribution in [2.24, 2.45) is 0 Å². The van der Waals surface area contributed by atoms with Gasteiger partial charge in [-0.2, -0.15) is 0 Å². The number of hydrogen-bond donors (Lipinski definition) is 0. The topological polar surface area (TPSA) is 0 Å². The van der Waals surface area contributed by atoms with Gasteiger partial charge in [-0.05, 0) is 0 Å². The molecule has 0 N–H and O–H groups in total. The van der Waals surface area contributed by atoms with E-state index in [1.54, 1.807) is 0 Å². The van der Waals surface area contributed by atoms with Gasteiger partial charge in [0.2, 0.25) is 0 Å². The van der Waals surface area contributed by atoms with Gasteiger partial charge in [0.25, 0.3) is 0 Å². The molecule has 0 aromatic rings. The molecule has 2 aliphatic rings. The maximum Gasteiger partial charge on any atom is -1.00 e. The number of allylic oxidation sites excluding steroid dienone is 8. The van der Waals surface area contributed by atoms with Gasteiger partial charge in [-0.25, -0.2) is 0 Å². The van der Waals surface area contributed by atoms with Crippen LogP contribution in [-0.4, -0.2) is 5.92 Å². The van der Waals surface area contributed by atoms with Crippen LogP contribution in [0.2, 0.25) is 19.3 Å². The molecule has 0 saturated heterocycles. The largest absolute Gasteiger partial charge is 1.00 e. The van der Waals surface area contributed by atoms with E-state index in [2.05, 4.69) is 75.5 Å². The second kappa shape index (κ2) is 7.15. The summed E-state index contributed by atoms with van der Waals surface area (Å²) in [5.74, 6) is -0.534. The van der Waals surface area contributed by atoms with E-state index in [-0.39, 0.29) is 34.0 Å². The van der Waals surface area contributed by atoms with Gasteiger partial charge in [0.05, 0.1) is 0 Å². The molecule has 0 atom stereocenters. The molecule has 4 heteroatoms. The van der Waals surface area contributed by atoms with E-state index in [1.165, 1.54) is 0 Å². The summed E-state index contributed by atoms with van der Waals surface area (Å²) in [5.41, 5.74) is 0. The summed E-state index contributed by atoms with van der Waals surface area (Å²) in [6.45, 7) is 10.1. The Morgan fingerprint density at radius 2 is 1.00 bits per heavy atom. The maximum absolute atomic E-state index is 2.56. The van der Waals surface area contributed by atoms with E-state index in [1.807, 2.05) is 0 Å². The molecule has 0 spiro atoms. The molecule has 0 radical (unpaired) electrons. The van der Waals surface area contributed by atoms with Gasteiger partial charge in [0.15, 0.2) is 0 Å². The van der Waals surface area contributed by atoms with Crippen LogP contribution in [-0.2, 0) is 20.9 Å². The Kier molecular flexibility index (Phi) is 7.56. The molecular weight excluding hydrogens is 447 g/mol. The van der Waals surface area contributed by atoms with Crippen LogP contribution in [0.4, 0.5) is 0 Å². The minimum absolute atomic E-state index is 0. The van der Waals surface area contributed by atoms with Crippen molar-refractivity contribution >= 4 is 5.92 Å². The van der Waals surface area contributed by atoms with E-state index in [4.69, 9.17) is 0 Å². The molecule has 0 aliphatic heterocycles. The van der Waals surface area contributed by atoms with Crippen LogP contribution in [0.25, 0.3) is 0 Å². The van der Waals surface area contributed by atoms with Crippen LogP contribution in [0.1, 0.15) is 13.8 Å². The van der Waals surface area contributed by atoms with Crippen LogP contribution in [0.3, 0.4) is 0 Å². The zero-order valence-electron chi connectivity index (χ0n) is 11.5. The molecule has 18 heavy (non-hydrogen) atoms. The first-order valence-corrected chi connectivity index (χ1v) is 15.7. The molecular formula is C14H21Br2SiZr. The quantitative estimate of drug-likeness (QED) is 0.430. The Labute approximate surface area is 141 Å². The zero-order chi connectivity index (χ0) is 11.8. The molecule has 0 nitrogen and oxygen atoms in total. The predicted octanol–water partition coefficient (Wildman–Crippen LogP) is -1.79. The molecule has 0 aromatic carbocycles. The number of hydrogen-bond acceptors (Lipinski definition) is 0. The van der Waals surface area contributed by atoms with E-state index in [9.17, 15) is 0 Å². The fourth-order valence-corrected chi connectivity index (χ4v) is 32.0. The SMILES string of the molecule is C[SiH](C)[Zr+2]([C]1(C)C=CC=C1)[C]1(C)C=CC=C1.[Br-].[Br-]. The molecule has 0 fully saturated rings. The third kappa shape index (κ3) is 3.56. The summed E-state index contributed by atoms with van der Waals surface area (Å²) >= 11 is -1.52. The fourth-order valence-electron chi connectivity index (χ4n) is 3.32. The Morgan fingerprint density at radius 3 is 1.22 bits per heavy atom. The minimum atomic E-state index is -1.52. The van der Waals surface area contributed by atoms with Crippen molar-refractivity contribution in [2.45, 2.75) is 33.2 Å². The monoisotopic (exact) mass is 465 g/mol. The van der Waals surface area contributed by atoms with Crippen LogP contribution in [0.15, 0.2) is 48.6 Å². The summed E-state index contributed by atoms with van der Waals surface area (Å²) in [6, 6.07) is 0. The third-order valence-corrected chi connectivity index (χ3v) is 28.1. The van der Waals surface area contributed by atoms with Crippen LogP contribution in [0.5, 0.6) is 0 Å². The maximum atomic E-state index is 2.56. The average Bonchev–Trinajstić information content (AvgIpc) is 2.75. The molecule has 2 rings (SSSR count). The standard InChI is InChI=1S/2C6H7.C2H7Si.2BrH.Zr/c2*1-6-4-2-3-5-6;1-3-2;;;/h2*2-5H,1H3;3H,1-2H3;2*1H;/q;;;;;+2/p-2. The van der Waals surface area contributed by atoms with E-state index in [0.29, 0.717) is 6.25 Å². The molecule has 0 unspecified atom stereocenters. The predicted molar refractivity (Wildman–Crippen MR) is 72.2 cm³/mol. The van der Waals surface area contributed by atoms with Crippen LogP contribution < -0.4 is 34.0 Å². The van der Waals surface area contributed by atoms with Gasteiger partial charge in [-0.1, -0.05) is 0 Å². The van der Waals surface area contributed by atoms with Gasteiger partial charge < -0.3 is 34.0 Å². The van der Waals surface area contributed by atoms with Crippen molar-refractivity contribution in [3.8, 4) is 0 Å². The van der Waals surface area contributed by atoms with Crippen molar-refractivity contribution in [3.63, 3.8) is 0 Å². The van der Waals surface area contributed by atoms with Crippen molar-refractivity contribution in [1.82, 2.24) is 0 Å². The van der Waals surface area contributed by atoms with Crippen LogP contribution >= 0.6 is 0 Å². The smallest absolute Gasteiger partial charge is 1.00 e. The van der Waals surface area contributed by atoms with Crippen molar-refractivity contribution in [1.29, 1.82) is 0 Å². The average molecular weight is 468 g/mol. The zero-order valence-corrected chi connectivity index (χ0v) is 18.2. The third-order valence-electron chi connectivity index (χ3n) is 3.73. The molecule has 2 aliphatic carbocycles. The first-order chi connectivity index (χ1) is 7.48. The Bertz CT molecular complexity index is 339. The Balaban J connectivity index is 0.00000144.